The lowest BCUT2D eigenvalue weighted by molar-refractivity contribution is 0.394. The van der Waals surface area contributed by atoms with Crippen molar-refractivity contribution in [2.45, 2.75) is 19.5 Å². The highest BCUT2D eigenvalue weighted by atomic mass is 79.9. The Morgan fingerprint density at radius 2 is 2.05 bits per heavy atom. The van der Waals surface area contributed by atoms with E-state index in [0.29, 0.717) is 18.4 Å². The third-order valence-corrected chi connectivity index (χ3v) is 3.51. The van der Waals surface area contributed by atoms with Crippen molar-refractivity contribution in [2.75, 3.05) is 12.4 Å². The molecule has 2 aromatic rings. The van der Waals surface area contributed by atoms with Crippen molar-refractivity contribution in [1.82, 2.24) is 9.97 Å². The van der Waals surface area contributed by atoms with Crippen LogP contribution in [0.2, 0.25) is 0 Å². The molecule has 0 aliphatic carbocycles. The summed E-state index contributed by atoms with van der Waals surface area (Å²) < 4.78 is 5.88. The van der Waals surface area contributed by atoms with Crippen LogP contribution in [0.25, 0.3) is 0 Å². The molecule has 0 aliphatic heterocycles. The third kappa shape index (κ3) is 3.46. The first-order chi connectivity index (χ1) is 9.63. The molecule has 0 saturated heterocycles. The maximum Gasteiger partial charge on any atom is 0.232 e. The zero-order chi connectivity index (χ0) is 14.5. The van der Waals surface area contributed by atoms with Crippen LogP contribution in [0.5, 0.6) is 5.88 Å². The van der Waals surface area contributed by atoms with Crippen molar-refractivity contribution in [2.24, 2.45) is 5.73 Å². The van der Waals surface area contributed by atoms with Crippen LogP contribution in [0.15, 0.2) is 34.9 Å². The summed E-state index contributed by atoms with van der Waals surface area (Å²) in [5.41, 5.74) is 7.85. The summed E-state index contributed by atoms with van der Waals surface area (Å²) in [5.74, 6) is 1.04. The van der Waals surface area contributed by atoms with Gasteiger partial charge in [-0.05, 0) is 34.0 Å². The van der Waals surface area contributed by atoms with Gasteiger partial charge in [0.2, 0.25) is 11.8 Å². The van der Waals surface area contributed by atoms with Crippen molar-refractivity contribution in [3.05, 3.63) is 46.1 Å². The molecule has 1 unspecified atom stereocenters. The average molecular weight is 337 g/mol. The summed E-state index contributed by atoms with van der Waals surface area (Å²) in [7, 11) is 1.58. The maximum atomic E-state index is 5.59. The second-order valence-electron chi connectivity index (χ2n) is 4.36. The van der Waals surface area contributed by atoms with Gasteiger partial charge in [0, 0.05) is 6.54 Å². The largest absolute Gasteiger partial charge is 0.480 e. The number of methoxy groups -OCH3 is 1. The van der Waals surface area contributed by atoms with E-state index in [4.69, 9.17) is 10.5 Å². The molecule has 1 atom stereocenters. The molecule has 2 rings (SSSR count). The van der Waals surface area contributed by atoms with Crippen LogP contribution < -0.4 is 15.8 Å². The van der Waals surface area contributed by atoms with Gasteiger partial charge in [0.1, 0.15) is 0 Å². The highest BCUT2D eigenvalue weighted by Crippen LogP contribution is 2.24. The summed E-state index contributed by atoms with van der Waals surface area (Å²) in [6.45, 7) is 2.60. The van der Waals surface area contributed by atoms with Crippen LogP contribution in [-0.2, 0) is 6.54 Å². The molecule has 0 amide bonds. The summed E-state index contributed by atoms with van der Waals surface area (Å²) in [4.78, 5) is 8.50. The Morgan fingerprint density at radius 3 is 2.65 bits per heavy atom. The number of hydrogen-bond donors (Lipinski definition) is 2. The highest BCUT2D eigenvalue weighted by Gasteiger charge is 2.09. The minimum absolute atomic E-state index is 0.0905. The number of benzene rings is 1. The van der Waals surface area contributed by atoms with E-state index in [-0.39, 0.29) is 6.04 Å². The standard InChI is InChI=1S/C14H17BrN4O/c1-9(11-5-3-10(7-16)4-6-11)18-14-17-8-12(15)13(19-14)20-2/h3-6,8-9H,7,16H2,1-2H3,(H,17,18,19). The Balaban J connectivity index is 2.12. The van der Waals surface area contributed by atoms with Gasteiger partial charge in [-0.3, -0.25) is 0 Å². The fraction of sp³-hybridized carbons (Fsp3) is 0.286. The Morgan fingerprint density at radius 1 is 1.35 bits per heavy atom. The van der Waals surface area contributed by atoms with Crippen LogP contribution in [0.4, 0.5) is 5.95 Å². The molecular weight excluding hydrogens is 320 g/mol. The number of nitrogens with zero attached hydrogens (tertiary/aromatic N) is 2. The molecule has 0 spiro atoms. The zero-order valence-electron chi connectivity index (χ0n) is 11.4. The van der Waals surface area contributed by atoms with Gasteiger partial charge in [0.15, 0.2) is 0 Å². The number of anilines is 1. The van der Waals surface area contributed by atoms with Crippen molar-refractivity contribution in [3.8, 4) is 5.88 Å². The number of nitrogens with two attached hydrogens (primary N) is 1. The SMILES string of the molecule is COc1nc(NC(C)c2ccc(CN)cc2)ncc1Br. The van der Waals surface area contributed by atoms with E-state index in [1.165, 1.54) is 0 Å². The van der Waals surface area contributed by atoms with Gasteiger partial charge in [-0.15, -0.1) is 0 Å². The number of nitrogens with one attached hydrogen (secondary N) is 1. The quantitative estimate of drug-likeness (QED) is 0.878. The van der Waals surface area contributed by atoms with Crippen LogP contribution in [0.3, 0.4) is 0 Å². The van der Waals surface area contributed by atoms with Gasteiger partial charge in [0.05, 0.1) is 23.8 Å². The zero-order valence-corrected chi connectivity index (χ0v) is 13.0. The number of hydrogen-bond acceptors (Lipinski definition) is 5. The number of ether oxygens (including phenoxy) is 1. The van der Waals surface area contributed by atoms with Crippen molar-refractivity contribution < 1.29 is 4.74 Å². The maximum absolute atomic E-state index is 5.59. The molecule has 1 aromatic carbocycles. The Kier molecular flexibility index (Phi) is 4.92. The lowest BCUT2D eigenvalue weighted by Crippen LogP contribution is -2.10. The second-order valence-corrected chi connectivity index (χ2v) is 5.22. The van der Waals surface area contributed by atoms with Gasteiger partial charge in [-0.25, -0.2) is 4.98 Å². The van der Waals surface area contributed by atoms with Crippen molar-refractivity contribution in [3.63, 3.8) is 0 Å². The predicted octanol–water partition coefficient (Wildman–Crippen LogP) is 2.88. The van der Waals surface area contributed by atoms with Crippen LogP contribution >= 0.6 is 15.9 Å². The Bertz CT molecular complexity index is 574. The normalized spacial score (nSPS) is 12.0. The fourth-order valence-corrected chi connectivity index (χ4v) is 2.14. The summed E-state index contributed by atoms with van der Waals surface area (Å²) in [5, 5.41) is 3.24. The first kappa shape index (κ1) is 14.7. The third-order valence-electron chi connectivity index (χ3n) is 2.97. The van der Waals surface area contributed by atoms with Crippen LogP contribution in [-0.4, -0.2) is 17.1 Å². The van der Waals surface area contributed by atoms with E-state index in [9.17, 15) is 0 Å². The van der Waals surface area contributed by atoms with E-state index < -0.39 is 0 Å². The highest BCUT2D eigenvalue weighted by molar-refractivity contribution is 9.10. The van der Waals surface area contributed by atoms with Gasteiger partial charge in [-0.2, -0.15) is 4.98 Å². The predicted molar refractivity (Wildman–Crippen MR) is 82.7 cm³/mol. The molecule has 1 heterocycles. The Hall–Kier alpha value is -1.66. The average Bonchev–Trinajstić information content (AvgIpc) is 2.49. The van der Waals surface area contributed by atoms with E-state index >= 15 is 0 Å². The van der Waals surface area contributed by atoms with Gasteiger partial charge in [0.25, 0.3) is 0 Å². The molecule has 0 saturated carbocycles. The molecule has 0 bridgehead atoms. The lowest BCUT2D eigenvalue weighted by Gasteiger charge is -2.15. The monoisotopic (exact) mass is 336 g/mol. The molecule has 0 aliphatic rings. The van der Waals surface area contributed by atoms with E-state index in [0.717, 1.165) is 15.6 Å². The van der Waals surface area contributed by atoms with E-state index in [1.807, 2.05) is 12.1 Å². The van der Waals surface area contributed by atoms with E-state index in [1.54, 1.807) is 13.3 Å². The molecule has 5 nitrogen and oxygen atoms in total. The minimum atomic E-state index is 0.0905. The second kappa shape index (κ2) is 6.67. The lowest BCUT2D eigenvalue weighted by atomic mass is 10.1. The van der Waals surface area contributed by atoms with Crippen molar-refractivity contribution in [1.29, 1.82) is 0 Å². The molecule has 3 N–H and O–H groups in total. The van der Waals surface area contributed by atoms with Crippen LogP contribution in [0.1, 0.15) is 24.1 Å². The summed E-state index contributed by atoms with van der Waals surface area (Å²) in [6, 6.07) is 8.24. The summed E-state index contributed by atoms with van der Waals surface area (Å²) >= 11 is 3.33. The summed E-state index contributed by atoms with van der Waals surface area (Å²) in [6.07, 6.45) is 1.67. The van der Waals surface area contributed by atoms with Gasteiger partial charge < -0.3 is 15.8 Å². The molecule has 6 heteroatoms. The first-order valence-corrected chi connectivity index (χ1v) is 7.05. The van der Waals surface area contributed by atoms with Crippen LogP contribution in [0, 0.1) is 0 Å². The molecule has 106 valence electrons. The molecular formula is C14H17BrN4O. The smallest absolute Gasteiger partial charge is 0.232 e. The number of aromatic nitrogens is 2. The Labute approximate surface area is 126 Å². The molecule has 0 fully saturated rings. The molecule has 1 aromatic heterocycles. The van der Waals surface area contributed by atoms with Gasteiger partial charge in [-0.1, -0.05) is 24.3 Å². The molecule has 0 radical (unpaired) electrons. The fourth-order valence-electron chi connectivity index (χ4n) is 1.78. The van der Waals surface area contributed by atoms with Gasteiger partial charge >= 0.3 is 0 Å². The van der Waals surface area contributed by atoms with E-state index in [2.05, 4.69) is 50.3 Å². The topological polar surface area (TPSA) is 73.1 Å². The number of halogens is 1. The number of rotatable bonds is 5. The first-order valence-electron chi connectivity index (χ1n) is 6.26. The minimum Gasteiger partial charge on any atom is -0.480 e. The van der Waals surface area contributed by atoms with Crippen molar-refractivity contribution >= 4 is 21.9 Å². The molecule has 20 heavy (non-hydrogen) atoms.